The minimum Gasteiger partial charge on any atom is -0.380 e. The number of benzene rings is 3. The van der Waals surface area contributed by atoms with E-state index in [0.29, 0.717) is 11.3 Å². The molecular weight excluding hydrogens is 410 g/mol. The quantitative estimate of drug-likeness (QED) is 0.562. The minimum atomic E-state index is -4.72. The number of carbonyl (C=O) groups excluding carboxylic acids is 1. The van der Waals surface area contributed by atoms with Crippen LogP contribution in [0.3, 0.4) is 0 Å². The third-order valence-electron chi connectivity index (χ3n) is 4.41. The van der Waals surface area contributed by atoms with Crippen LogP contribution in [0.1, 0.15) is 21.5 Å². The highest BCUT2D eigenvalue weighted by Crippen LogP contribution is 2.26. The van der Waals surface area contributed by atoms with Crippen LogP contribution in [0.2, 0.25) is 0 Å². The number of rotatable bonds is 7. The summed E-state index contributed by atoms with van der Waals surface area (Å²) in [5.41, 5.74) is 2.96. The number of hydrogen-bond donors (Lipinski definition) is 2. The van der Waals surface area contributed by atoms with Crippen molar-refractivity contribution in [3.05, 3.63) is 89.5 Å². The first-order valence-corrected chi connectivity index (χ1v) is 10.6. The molecule has 0 unspecified atom stereocenters. The van der Waals surface area contributed by atoms with E-state index in [-0.39, 0.29) is 18.1 Å². The Hall–Kier alpha value is -3.26. The number of anilines is 2. The Labute approximate surface area is 173 Å². The summed E-state index contributed by atoms with van der Waals surface area (Å²) in [6, 6.07) is 19.6. The summed E-state index contributed by atoms with van der Waals surface area (Å²) < 4.78 is 49.6. The van der Waals surface area contributed by atoms with Crippen molar-refractivity contribution in [1.29, 1.82) is 0 Å². The van der Waals surface area contributed by atoms with E-state index in [2.05, 4.69) is 10.6 Å². The van der Waals surface area contributed by atoms with Crippen LogP contribution >= 0.6 is 0 Å². The molecule has 30 heavy (non-hydrogen) atoms. The van der Waals surface area contributed by atoms with Crippen LogP contribution in [-0.4, -0.2) is 20.1 Å². The zero-order valence-electron chi connectivity index (χ0n) is 16.1. The molecular formula is C22H20F2N2O3S. The summed E-state index contributed by atoms with van der Waals surface area (Å²) in [5.74, 6) is -3.76. The number of halogens is 2. The van der Waals surface area contributed by atoms with Gasteiger partial charge in [0.1, 0.15) is 0 Å². The summed E-state index contributed by atoms with van der Waals surface area (Å²) in [4.78, 5) is 11.9. The van der Waals surface area contributed by atoms with E-state index < -0.39 is 20.5 Å². The van der Waals surface area contributed by atoms with Gasteiger partial charge in [-0.25, -0.2) is 8.42 Å². The second-order valence-corrected chi connectivity index (χ2v) is 8.56. The highest BCUT2D eigenvalue weighted by atomic mass is 32.2. The van der Waals surface area contributed by atoms with Crippen LogP contribution in [-0.2, 0) is 16.4 Å². The molecule has 0 aliphatic carbocycles. The van der Waals surface area contributed by atoms with E-state index in [1.165, 1.54) is 12.1 Å². The predicted octanol–water partition coefficient (Wildman–Crippen LogP) is 4.86. The maximum absolute atomic E-state index is 12.9. The zero-order valence-corrected chi connectivity index (χ0v) is 16.9. The van der Waals surface area contributed by atoms with E-state index in [1.54, 1.807) is 42.5 Å². The monoisotopic (exact) mass is 430 g/mol. The molecule has 0 saturated carbocycles. The maximum atomic E-state index is 12.9. The summed E-state index contributed by atoms with van der Waals surface area (Å²) in [6.45, 7) is 2.12. The third-order valence-corrected chi connectivity index (χ3v) is 5.85. The lowest BCUT2D eigenvalue weighted by atomic mass is 10.1. The van der Waals surface area contributed by atoms with E-state index >= 15 is 0 Å². The number of amides is 1. The van der Waals surface area contributed by atoms with Crippen molar-refractivity contribution in [2.45, 2.75) is 24.1 Å². The Kier molecular flexibility index (Phi) is 6.47. The molecule has 3 aromatic rings. The van der Waals surface area contributed by atoms with Crippen LogP contribution in [0.5, 0.6) is 0 Å². The number of carbonyl (C=O) groups is 1. The molecule has 0 fully saturated rings. The van der Waals surface area contributed by atoms with Gasteiger partial charge in [0.2, 0.25) is 9.84 Å². The van der Waals surface area contributed by atoms with E-state index in [0.717, 1.165) is 17.2 Å². The van der Waals surface area contributed by atoms with Gasteiger partial charge in [0.05, 0.1) is 10.6 Å². The molecule has 0 aliphatic heterocycles. The topological polar surface area (TPSA) is 75.3 Å². The molecule has 3 aromatic carbocycles. The standard InChI is InChI=1S/C22H20F2N2O3S/c1-15-9-11-17(12-10-15)21(27)26-18-6-4-5-16(13-18)14-25-19-7-2-3-8-20(19)30(28,29)22(23)24/h2-13,22,25H,14H2,1H3,(H,26,27). The molecule has 0 atom stereocenters. The zero-order chi connectivity index (χ0) is 21.7. The first-order chi connectivity index (χ1) is 14.3. The highest BCUT2D eigenvalue weighted by Gasteiger charge is 2.28. The number of aryl methyl sites for hydroxylation is 1. The Balaban J connectivity index is 1.73. The lowest BCUT2D eigenvalue weighted by Gasteiger charge is -2.13. The van der Waals surface area contributed by atoms with Crippen LogP contribution < -0.4 is 10.6 Å². The van der Waals surface area contributed by atoms with Gasteiger partial charge in [-0.05, 0) is 48.9 Å². The minimum absolute atomic E-state index is 0.0897. The van der Waals surface area contributed by atoms with Crippen molar-refractivity contribution in [1.82, 2.24) is 0 Å². The van der Waals surface area contributed by atoms with Gasteiger partial charge in [0, 0.05) is 17.8 Å². The highest BCUT2D eigenvalue weighted by molar-refractivity contribution is 7.91. The number of hydrogen-bond acceptors (Lipinski definition) is 4. The average Bonchev–Trinajstić information content (AvgIpc) is 2.73. The van der Waals surface area contributed by atoms with E-state index in [9.17, 15) is 22.0 Å². The first kappa shape index (κ1) is 21.4. The molecule has 1 amide bonds. The largest absolute Gasteiger partial charge is 0.380 e. The molecule has 5 nitrogen and oxygen atoms in total. The second-order valence-electron chi connectivity index (χ2n) is 6.68. The smallest absolute Gasteiger partial charge is 0.341 e. The average molecular weight is 430 g/mol. The Bertz CT molecular complexity index is 1150. The van der Waals surface area contributed by atoms with Crippen molar-refractivity contribution in [2.24, 2.45) is 0 Å². The normalized spacial score (nSPS) is 11.3. The van der Waals surface area contributed by atoms with Crippen LogP contribution in [0, 0.1) is 6.92 Å². The van der Waals surface area contributed by atoms with Crippen LogP contribution in [0.4, 0.5) is 20.2 Å². The van der Waals surface area contributed by atoms with Gasteiger partial charge in [0.25, 0.3) is 5.91 Å². The molecule has 0 saturated heterocycles. The van der Waals surface area contributed by atoms with Gasteiger partial charge in [-0.2, -0.15) is 8.78 Å². The Morgan fingerprint density at radius 1 is 0.967 bits per heavy atom. The Morgan fingerprint density at radius 2 is 1.67 bits per heavy atom. The van der Waals surface area contributed by atoms with Crippen molar-refractivity contribution in [3.63, 3.8) is 0 Å². The van der Waals surface area contributed by atoms with E-state index in [4.69, 9.17) is 0 Å². The summed E-state index contributed by atoms with van der Waals surface area (Å²) in [7, 11) is -4.72. The van der Waals surface area contributed by atoms with Gasteiger partial charge in [0.15, 0.2) is 0 Å². The lowest BCUT2D eigenvalue weighted by molar-refractivity contribution is 0.102. The third kappa shape index (κ3) is 5.01. The molecule has 0 bridgehead atoms. The number of para-hydroxylation sites is 1. The van der Waals surface area contributed by atoms with Crippen LogP contribution in [0.15, 0.2) is 77.7 Å². The molecule has 0 radical (unpaired) electrons. The number of alkyl halides is 2. The molecule has 0 aliphatic rings. The van der Waals surface area contributed by atoms with Gasteiger partial charge in [-0.3, -0.25) is 4.79 Å². The van der Waals surface area contributed by atoms with Crippen molar-refractivity contribution >= 4 is 27.1 Å². The molecule has 156 valence electrons. The fraction of sp³-hybridized carbons (Fsp3) is 0.136. The van der Waals surface area contributed by atoms with Gasteiger partial charge in [-0.1, -0.05) is 42.0 Å². The van der Waals surface area contributed by atoms with Gasteiger partial charge < -0.3 is 10.6 Å². The first-order valence-electron chi connectivity index (χ1n) is 9.09. The molecule has 3 rings (SSSR count). The fourth-order valence-electron chi connectivity index (χ4n) is 2.82. The SMILES string of the molecule is Cc1ccc(C(=O)Nc2cccc(CNc3ccccc3S(=O)(=O)C(F)F)c2)cc1. The second kappa shape index (κ2) is 9.04. The molecule has 0 spiro atoms. The fourth-order valence-corrected chi connectivity index (χ4v) is 3.73. The molecule has 8 heteroatoms. The summed E-state index contributed by atoms with van der Waals surface area (Å²) >= 11 is 0. The Morgan fingerprint density at radius 3 is 2.37 bits per heavy atom. The lowest BCUT2D eigenvalue weighted by Crippen LogP contribution is -2.14. The predicted molar refractivity (Wildman–Crippen MR) is 113 cm³/mol. The number of sulfone groups is 1. The summed E-state index contributed by atoms with van der Waals surface area (Å²) in [6.07, 6.45) is 0. The summed E-state index contributed by atoms with van der Waals surface area (Å²) in [5, 5.41) is 5.69. The van der Waals surface area contributed by atoms with Gasteiger partial charge >= 0.3 is 5.76 Å². The van der Waals surface area contributed by atoms with Gasteiger partial charge in [-0.15, -0.1) is 0 Å². The maximum Gasteiger partial charge on any atom is 0.341 e. The molecule has 0 aromatic heterocycles. The van der Waals surface area contributed by atoms with Crippen LogP contribution in [0.25, 0.3) is 0 Å². The van der Waals surface area contributed by atoms with Crippen molar-refractivity contribution in [3.8, 4) is 0 Å². The van der Waals surface area contributed by atoms with E-state index in [1.807, 2.05) is 19.1 Å². The molecule has 0 heterocycles. The number of nitrogens with one attached hydrogen (secondary N) is 2. The van der Waals surface area contributed by atoms with Crippen molar-refractivity contribution < 1.29 is 22.0 Å². The van der Waals surface area contributed by atoms with Crippen molar-refractivity contribution in [2.75, 3.05) is 10.6 Å². The molecule has 2 N–H and O–H groups in total.